The molecule has 1 rings (SSSR count). The highest BCUT2D eigenvalue weighted by Gasteiger charge is 2.25. The lowest BCUT2D eigenvalue weighted by molar-refractivity contribution is -0.142. The van der Waals surface area contributed by atoms with Gasteiger partial charge >= 0.3 is 5.97 Å². The van der Waals surface area contributed by atoms with Gasteiger partial charge in [-0.1, -0.05) is 23.2 Å². The van der Waals surface area contributed by atoms with Crippen LogP contribution in [0.5, 0.6) is 0 Å². The van der Waals surface area contributed by atoms with E-state index in [-0.39, 0.29) is 4.49 Å². The molecule has 0 aromatic rings. The number of morpholine rings is 1. The molecule has 0 aliphatic carbocycles. The maximum atomic E-state index is 10.9. The Labute approximate surface area is 92.0 Å². The molecule has 1 atom stereocenters. The Bertz CT molecular complexity index is 235. The molecule has 0 spiro atoms. The molecule has 0 aromatic heterocycles. The standard InChI is InChI=1S/C8H11Cl2NO3/c9-7(10)5-6(8(12)13)11-1-3-14-4-2-11/h5-6H,1-4H2,(H,12,13)/t6-/m0/s1. The Morgan fingerprint density at radius 2 is 2.00 bits per heavy atom. The average Bonchev–Trinajstić information content (AvgIpc) is 2.15. The molecule has 1 heterocycles. The van der Waals surface area contributed by atoms with Gasteiger partial charge in [0, 0.05) is 13.1 Å². The van der Waals surface area contributed by atoms with Crippen molar-refractivity contribution < 1.29 is 14.6 Å². The van der Waals surface area contributed by atoms with Gasteiger partial charge in [0.05, 0.1) is 13.2 Å². The lowest BCUT2D eigenvalue weighted by atomic mass is 10.2. The fraction of sp³-hybridized carbons (Fsp3) is 0.625. The van der Waals surface area contributed by atoms with E-state index in [1.807, 2.05) is 0 Å². The lowest BCUT2D eigenvalue weighted by Gasteiger charge is -2.30. The third kappa shape index (κ3) is 3.46. The Kier molecular flexibility index (Phi) is 4.68. The van der Waals surface area contributed by atoms with Crippen LogP contribution in [0.3, 0.4) is 0 Å². The van der Waals surface area contributed by atoms with Crippen molar-refractivity contribution in [3.8, 4) is 0 Å². The summed E-state index contributed by atoms with van der Waals surface area (Å²) in [5.41, 5.74) is 0. The molecule has 0 amide bonds. The van der Waals surface area contributed by atoms with Crippen LogP contribution in [-0.4, -0.2) is 48.3 Å². The number of halogens is 2. The monoisotopic (exact) mass is 239 g/mol. The van der Waals surface area contributed by atoms with Crippen molar-refractivity contribution in [1.29, 1.82) is 0 Å². The third-order valence-corrected chi connectivity index (χ3v) is 2.23. The van der Waals surface area contributed by atoms with Crippen LogP contribution in [0, 0.1) is 0 Å². The van der Waals surface area contributed by atoms with Crippen LogP contribution in [0.1, 0.15) is 0 Å². The Hall–Kier alpha value is -0.290. The van der Waals surface area contributed by atoms with Crippen molar-refractivity contribution in [1.82, 2.24) is 4.90 Å². The molecule has 4 nitrogen and oxygen atoms in total. The summed E-state index contributed by atoms with van der Waals surface area (Å²) in [6.07, 6.45) is 1.32. The van der Waals surface area contributed by atoms with Crippen molar-refractivity contribution >= 4 is 29.2 Å². The van der Waals surface area contributed by atoms with E-state index in [1.54, 1.807) is 4.90 Å². The first-order valence-electron chi connectivity index (χ1n) is 4.18. The topological polar surface area (TPSA) is 49.8 Å². The number of hydrogen-bond acceptors (Lipinski definition) is 3. The van der Waals surface area contributed by atoms with Crippen LogP contribution in [0.2, 0.25) is 0 Å². The van der Waals surface area contributed by atoms with Gasteiger partial charge in [-0.25, -0.2) is 0 Å². The van der Waals surface area contributed by atoms with E-state index in [9.17, 15) is 4.79 Å². The van der Waals surface area contributed by atoms with Crippen molar-refractivity contribution in [3.05, 3.63) is 10.6 Å². The molecule has 0 aromatic carbocycles. The summed E-state index contributed by atoms with van der Waals surface area (Å²) in [6.45, 7) is 2.23. The predicted octanol–water partition coefficient (Wildman–Crippen LogP) is 1.09. The lowest BCUT2D eigenvalue weighted by Crippen LogP contribution is -2.46. The Morgan fingerprint density at radius 3 is 2.43 bits per heavy atom. The zero-order valence-electron chi connectivity index (χ0n) is 7.45. The summed E-state index contributed by atoms with van der Waals surface area (Å²) in [4.78, 5) is 12.7. The molecule has 0 bridgehead atoms. The van der Waals surface area contributed by atoms with Gasteiger partial charge in [0.25, 0.3) is 0 Å². The number of aliphatic carboxylic acids is 1. The highest BCUT2D eigenvalue weighted by atomic mass is 35.5. The van der Waals surface area contributed by atoms with Crippen LogP contribution in [0.4, 0.5) is 0 Å². The summed E-state index contributed by atoms with van der Waals surface area (Å²) < 4.78 is 5.09. The number of carboxylic acids is 1. The molecular weight excluding hydrogens is 229 g/mol. The number of hydrogen-bond donors (Lipinski definition) is 1. The fourth-order valence-electron chi connectivity index (χ4n) is 1.31. The summed E-state index contributed by atoms with van der Waals surface area (Å²) in [6, 6.07) is -0.760. The molecule has 1 fully saturated rings. The van der Waals surface area contributed by atoms with Gasteiger partial charge in [-0.3, -0.25) is 9.69 Å². The summed E-state index contributed by atoms with van der Waals surface area (Å²) in [5.74, 6) is -0.953. The first-order chi connectivity index (χ1) is 6.61. The second-order valence-corrected chi connectivity index (χ2v) is 3.90. The molecule has 1 aliphatic heterocycles. The van der Waals surface area contributed by atoms with Gasteiger partial charge in [0.1, 0.15) is 10.5 Å². The first-order valence-corrected chi connectivity index (χ1v) is 4.94. The van der Waals surface area contributed by atoms with Gasteiger partial charge in [-0.2, -0.15) is 0 Å². The van der Waals surface area contributed by atoms with E-state index >= 15 is 0 Å². The van der Waals surface area contributed by atoms with Crippen LogP contribution in [-0.2, 0) is 9.53 Å². The summed E-state index contributed by atoms with van der Waals surface area (Å²) in [7, 11) is 0. The minimum atomic E-state index is -0.953. The molecule has 1 aliphatic rings. The van der Waals surface area contributed by atoms with Crippen molar-refractivity contribution in [2.75, 3.05) is 26.3 Å². The van der Waals surface area contributed by atoms with Crippen molar-refractivity contribution in [2.45, 2.75) is 6.04 Å². The second-order valence-electron chi connectivity index (χ2n) is 2.89. The SMILES string of the molecule is O=C(O)[C@H](C=C(Cl)Cl)N1CCOCC1. The van der Waals surface area contributed by atoms with E-state index < -0.39 is 12.0 Å². The highest BCUT2D eigenvalue weighted by molar-refractivity contribution is 6.56. The van der Waals surface area contributed by atoms with Gasteiger partial charge in [0.2, 0.25) is 0 Å². The van der Waals surface area contributed by atoms with Crippen molar-refractivity contribution in [2.24, 2.45) is 0 Å². The molecule has 80 valence electrons. The second kappa shape index (κ2) is 5.56. The molecule has 0 saturated carbocycles. The average molecular weight is 240 g/mol. The smallest absolute Gasteiger partial charge is 0.325 e. The van der Waals surface area contributed by atoms with Crippen molar-refractivity contribution in [3.63, 3.8) is 0 Å². The van der Waals surface area contributed by atoms with Gasteiger partial charge in [0.15, 0.2) is 0 Å². The fourth-order valence-corrected chi connectivity index (χ4v) is 1.55. The number of carboxylic acid groups (broad SMARTS) is 1. The van der Waals surface area contributed by atoms with Crippen LogP contribution in [0.15, 0.2) is 10.6 Å². The molecule has 0 radical (unpaired) electrons. The van der Waals surface area contributed by atoms with Crippen LogP contribution in [0.25, 0.3) is 0 Å². The molecular formula is C8H11Cl2NO3. The number of ether oxygens (including phenoxy) is 1. The maximum absolute atomic E-state index is 10.9. The minimum Gasteiger partial charge on any atom is -0.480 e. The molecule has 14 heavy (non-hydrogen) atoms. The normalized spacial score (nSPS) is 20.1. The molecule has 1 saturated heterocycles. The van der Waals surface area contributed by atoms with Gasteiger partial charge in [-0.05, 0) is 6.08 Å². The number of carbonyl (C=O) groups is 1. The Balaban J connectivity index is 2.66. The van der Waals surface area contributed by atoms with Crippen LogP contribution >= 0.6 is 23.2 Å². The quantitative estimate of drug-likeness (QED) is 0.802. The number of nitrogens with zero attached hydrogens (tertiary/aromatic N) is 1. The highest BCUT2D eigenvalue weighted by Crippen LogP contribution is 2.13. The van der Waals surface area contributed by atoms with Gasteiger partial charge in [-0.15, -0.1) is 0 Å². The van der Waals surface area contributed by atoms with E-state index in [0.29, 0.717) is 26.3 Å². The Morgan fingerprint density at radius 1 is 1.43 bits per heavy atom. The zero-order chi connectivity index (χ0) is 10.6. The number of rotatable bonds is 3. The summed E-state index contributed by atoms with van der Waals surface area (Å²) in [5, 5.41) is 8.93. The largest absolute Gasteiger partial charge is 0.480 e. The maximum Gasteiger partial charge on any atom is 0.325 e. The van der Waals surface area contributed by atoms with Crippen LogP contribution < -0.4 is 0 Å². The van der Waals surface area contributed by atoms with E-state index in [4.69, 9.17) is 33.0 Å². The van der Waals surface area contributed by atoms with Gasteiger partial charge < -0.3 is 9.84 Å². The van der Waals surface area contributed by atoms with E-state index in [0.717, 1.165) is 0 Å². The van der Waals surface area contributed by atoms with E-state index in [2.05, 4.69) is 0 Å². The third-order valence-electron chi connectivity index (χ3n) is 1.98. The predicted molar refractivity (Wildman–Crippen MR) is 53.6 cm³/mol. The summed E-state index contributed by atoms with van der Waals surface area (Å²) >= 11 is 10.9. The minimum absolute atomic E-state index is 0.0242. The molecule has 0 unspecified atom stereocenters. The van der Waals surface area contributed by atoms with E-state index in [1.165, 1.54) is 6.08 Å². The molecule has 6 heteroatoms. The zero-order valence-corrected chi connectivity index (χ0v) is 8.96. The molecule has 1 N–H and O–H groups in total. The first kappa shape index (κ1) is 11.8.